The lowest BCUT2D eigenvalue weighted by Crippen LogP contribution is -2.36. The van der Waals surface area contributed by atoms with Crippen molar-refractivity contribution in [2.45, 2.75) is 25.9 Å². The van der Waals surface area contributed by atoms with Crippen LogP contribution in [0.3, 0.4) is 0 Å². The molecule has 4 heteroatoms. The van der Waals surface area contributed by atoms with E-state index in [1.165, 1.54) is 34.4 Å². The van der Waals surface area contributed by atoms with Crippen molar-refractivity contribution >= 4 is 22.7 Å². The summed E-state index contributed by atoms with van der Waals surface area (Å²) in [5.41, 5.74) is 4.86. The van der Waals surface area contributed by atoms with Gasteiger partial charge in [-0.1, -0.05) is 72.8 Å². The van der Waals surface area contributed by atoms with Crippen LogP contribution in [0.25, 0.3) is 0 Å². The molecule has 0 bridgehead atoms. The van der Waals surface area contributed by atoms with Gasteiger partial charge in [-0.05, 0) is 62.4 Å². The summed E-state index contributed by atoms with van der Waals surface area (Å²) in [5.74, 6) is 2.44. The van der Waals surface area contributed by atoms with E-state index >= 15 is 0 Å². The molecule has 2 heterocycles. The Labute approximate surface area is 214 Å². The second-order valence-electron chi connectivity index (χ2n) is 9.65. The Hall–Kier alpha value is -4.18. The number of para-hydroxylation sites is 4. The summed E-state index contributed by atoms with van der Waals surface area (Å²) in [7, 11) is 0. The molecule has 180 valence electrons. The van der Waals surface area contributed by atoms with E-state index in [9.17, 15) is 0 Å². The topological polar surface area (TPSA) is 13.0 Å². The fourth-order valence-electron chi connectivity index (χ4n) is 5.60. The van der Waals surface area contributed by atoms with Crippen molar-refractivity contribution in [2.24, 2.45) is 0 Å². The highest BCUT2D eigenvalue weighted by molar-refractivity contribution is 5.74. The highest BCUT2D eigenvalue weighted by atomic mass is 15.5. The molecule has 6 rings (SSSR count). The number of benzene rings is 4. The molecule has 0 N–H and O–H groups in total. The number of hydrogen-bond acceptors (Lipinski definition) is 4. The lowest BCUT2D eigenvalue weighted by Gasteiger charge is -2.35. The number of hydrogen-bond donors (Lipinski definition) is 0. The van der Waals surface area contributed by atoms with Crippen LogP contribution in [0.5, 0.6) is 0 Å². The Morgan fingerprint density at radius 2 is 0.694 bits per heavy atom. The summed E-state index contributed by atoms with van der Waals surface area (Å²) < 4.78 is 0. The van der Waals surface area contributed by atoms with Gasteiger partial charge >= 0.3 is 0 Å². The van der Waals surface area contributed by atoms with Gasteiger partial charge in [0, 0.05) is 35.8 Å². The monoisotopic (exact) mass is 472 g/mol. The Bertz CT molecular complexity index is 1220. The van der Waals surface area contributed by atoms with E-state index in [0.717, 1.165) is 13.1 Å². The fourth-order valence-corrected chi connectivity index (χ4v) is 5.60. The summed E-state index contributed by atoms with van der Waals surface area (Å²) in [5, 5.41) is 0. The molecule has 0 saturated carbocycles. The summed E-state index contributed by atoms with van der Waals surface area (Å²) in [4.78, 5) is 10.0. The van der Waals surface area contributed by atoms with Crippen molar-refractivity contribution < 1.29 is 0 Å². The van der Waals surface area contributed by atoms with Gasteiger partial charge in [0.15, 0.2) is 11.6 Å². The molecule has 0 aliphatic carbocycles. The molecule has 2 atom stereocenters. The highest BCUT2D eigenvalue weighted by Gasteiger charge is 2.43. The van der Waals surface area contributed by atoms with Gasteiger partial charge < -0.3 is 19.6 Å². The molecule has 0 amide bonds. The largest absolute Gasteiger partial charge is 0.323 e. The maximum atomic E-state index is 2.52. The summed E-state index contributed by atoms with van der Waals surface area (Å²) in [6.45, 7) is 6.48. The Morgan fingerprint density at radius 3 is 1.00 bits per heavy atom. The fraction of sp³-hybridized carbons (Fsp3) is 0.188. The maximum Gasteiger partial charge on any atom is 0.156 e. The third-order valence-corrected chi connectivity index (χ3v) is 7.15. The van der Waals surface area contributed by atoms with E-state index in [1.807, 2.05) is 0 Å². The van der Waals surface area contributed by atoms with Gasteiger partial charge in [0.1, 0.15) is 0 Å². The quantitative estimate of drug-likeness (QED) is 0.319. The highest BCUT2D eigenvalue weighted by Crippen LogP contribution is 2.42. The van der Waals surface area contributed by atoms with Gasteiger partial charge in [-0.25, -0.2) is 0 Å². The van der Waals surface area contributed by atoms with E-state index in [2.05, 4.69) is 155 Å². The molecule has 4 nitrogen and oxygen atoms in total. The molecule has 36 heavy (non-hydrogen) atoms. The van der Waals surface area contributed by atoms with Gasteiger partial charge in [0.25, 0.3) is 0 Å². The normalized spacial score (nSPS) is 21.9. The van der Waals surface area contributed by atoms with E-state index < -0.39 is 0 Å². The SMILES string of the molecule is CC1CN(c2ccccc2)/C(=C2/N(c3ccccc3)CC(C)N2c2ccccc2)N1c1ccccc1. The molecular weight excluding hydrogens is 440 g/mol. The van der Waals surface area contributed by atoms with Crippen molar-refractivity contribution in [3.63, 3.8) is 0 Å². The molecule has 2 saturated heterocycles. The van der Waals surface area contributed by atoms with Crippen LogP contribution >= 0.6 is 0 Å². The molecule has 2 fully saturated rings. The molecule has 2 unspecified atom stereocenters. The van der Waals surface area contributed by atoms with E-state index in [4.69, 9.17) is 0 Å². The van der Waals surface area contributed by atoms with Gasteiger partial charge in [0.2, 0.25) is 0 Å². The standard InChI is InChI=1S/C32H32N4/c1-25-23-33(27-15-7-3-8-16-27)31(35(25)29-19-11-5-12-20-29)32-34(28-17-9-4-10-18-28)24-26(2)36(32)30-21-13-6-14-22-30/h3-22,25-26H,23-24H2,1-2H3/b32-31+. The van der Waals surface area contributed by atoms with Crippen LogP contribution < -0.4 is 19.6 Å². The van der Waals surface area contributed by atoms with Crippen molar-refractivity contribution in [1.82, 2.24) is 0 Å². The molecule has 4 aromatic carbocycles. The zero-order valence-corrected chi connectivity index (χ0v) is 20.9. The van der Waals surface area contributed by atoms with Crippen LogP contribution in [0.1, 0.15) is 13.8 Å². The average Bonchev–Trinajstić information content (AvgIpc) is 3.46. The van der Waals surface area contributed by atoms with Crippen molar-refractivity contribution in [3.05, 3.63) is 133 Å². The van der Waals surface area contributed by atoms with Gasteiger partial charge in [-0.3, -0.25) is 0 Å². The van der Waals surface area contributed by atoms with E-state index in [0.29, 0.717) is 12.1 Å². The Morgan fingerprint density at radius 1 is 0.417 bits per heavy atom. The van der Waals surface area contributed by atoms with Gasteiger partial charge in [-0.15, -0.1) is 0 Å². The molecule has 0 aromatic heterocycles. The van der Waals surface area contributed by atoms with E-state index in [-0.39, 0.29) is 0 Å². The van der Waals surface area contributed by atoms with Crippen molar-refractivity contribution in [2.75, 3.05) is 32.7 Å². The summed E-state index contributed by atoms with van der Waals surface area (Å²) >= 11 is 0. The average molecular weight is 473 g/mol. The summed E-state index contributed by atoms with van der Waals surface area (Å²) in [6.07, 6.45) is 0. The number of anilines is 4. The second-order valence-corrected chi connectivity index (χ2v) is 9.65. The molecule has 2 aliphatic heterocycles. The first kappa shape index (κ1) is 22.3. The maximum absolute atomic E-state index is 2.52. The van der Waals surface area contributed by atoms with Crippen LogP contribution in [0.4, 0.5) is 22.7 Å². The van der Waals surface area contributed by atoms with E-state index in [1.54, 1.807) is 0 Å². The van der Waals surface area contributed by atoms with Crippen LogP contribution in [0.15, 0.2) is 133 Å². The molecule has 4 aromatic rings. The smallest absolute Gasteiger partial charge is 0.156 e. The zero-order valence-electron chi connectivity index (χ0n) is 20.9. The van der Waals surface area contributed by atoms with Crippen LogP contribution in [-0.4, -0.2) is 25.2 Å². The van der Waals surface area contributed by atoms with Crippen LogP contribution in [0, 0.1) is 0 Å². The van der Waals surface area contributed by atoms with Crippen LogP contribution in [0.2, 0.25) is 0 Å². The Balaban J connectivity index is 1.64. The van der Waals surface area contributed by atoms with Gasteiger partial charge in [-0.2, -0.15) is 0 Å². The predicted octanol–water partition coefficient (Wildman–Crippen LogP) is 6.94. The summed E-state index contributed by atoms with van der Waals surface area (Å²) in [6, 6.07) is 43.9. The molecule has 0 radical (unpaired) electrons. The minimum Gasteiger partial charge on any atom is -0.323 e. The third-order valence-electron chi connectivity index (χ3n) is 7.15. The van der Waals surface area contributed by atoms with Crippen molar-refractivity contribution in [1.29, 1.82) is 0 Å². The first-order chi connectivity index (χ1) is 17.7. The minimum absolute atomic E-state index is 0.307. The first-order valence-electron chi connectivity index (χ1n) is 12.8. The minimum atomic E-state index is 0.307. The van der Waals surface area contributed by atoms with Crippen LogP contribution in [-0.2, 0) is 0 Å². The first-order valence-corrected chi connectivity index (χ1v) is 12.8. The Kier molecular flexibility index (Phi) is 5.86. The van der Waals surface area contributed by atoms with Crippen molar-refractivity contribution in [3.8, 4) is 0 Å². The predicted molar refractivity (Wildman–Crippen MR) is 151 cm³/mol. The lowest BCUT2D eigenvalue weighted by atomic mass is 10.2. The van der Waals surface area contributed by atoms with Gasteiger partial charge in [0.05, 0.1) is 12.1 Å². The number of rotatable bonds is 4. The molecular formula is C32H32N4. The third kappa shape index (κ3) is 3.89. The lowest BCUT2D eigenvalue weighted by molar-refractivity contribution is 0.779. The molecule has 0 spiro atoms. The zero-order chi connectivity index (χ0) is 24.5. The molecule has 2 aliphatic rings. The number of nitrogens with zero attached hydrogens (tertiary/aromatic N) is 4. The second kappa shape index (κ2) is 9.46.